The molecule has 0 unspecified atom stereocenters. The molecule has 2 aromatic rings. The summed E-state index contributed by atoms with van der Waals surface area (Å²) < 4.78 is 10.5. The molecule has 0 radical (unpaired) electrons. The van der Waals surface area contributed by atoms with E-state index in [1.54, 1.807) is 24.3 Å². The average Bonchev–Trinajstić information content (AvgIpc) is 2.82. The van der Waals surface area contributed by atoms with Crippen LogP contribution < -0.4 is 0 Å². The van der Waals surface area contributed by atoms with Crippen LogP contribution in [0.4, 0.5) is 0 Å². The molecule has 8 heteroatoms. The summed E-state index contributed by atoms with van der Waals surface area (Å²) >= 11 is 0. The Balaban J connectivity index is 2.51. The van der Waals surface area contributed by atoms with Crippen molar-refractivity contribution in [1.29, 1.82) is 0 Å². The molecule has 2 aromatic carbocycles. The molecule has 8 nitrogen and oxygen atoms in total. The third-order valence-corrected chi connectivity index (χ3v) is 7.03. The Morgan fingerprint density at radius 3 is 0.857 bits per heavy atom. The fourth-order valence-corrected chi connectivity index (χ4v) is 4.07. The number of aliphatic carboxylic acids is 2. The molecule has 0 fully saturated rings. The molecule has 0 saturated heterocycles. The van der Waals surface area contributed by atoms with Crippen molar-refractivity contribution in [1.82, 2.24) is 0 Å². The van der Waals surface area contributed by atoms with Gasteiger partial charge >= 0.3 is 23.9 Å². The SMILES string of the molecule is CC(C)(C)c1cc(C(=O)O[C@H](C(=O)O)[C@H](OC(=O)c2cc(C(C)(C)C)cc(C(C)(C)C)c2)C(=O)O)cc(C(C)(C)C)c1. The Kier molecular flexibility index (Phi) is 9.78. The van der Waals surface area contributed by atoms with Crippen molar-refractivity contribution < 1.29 is 38.9 Å². The molecule has 0 amide bonds. The van der Waals surface area contributed by atoms with Crippen molar-refractivity contribution in [2.45, 2.75) is 117 Å². The Morgan fingerprint density at radius 2 is 0.690 bits per heavy atom. The first-order valence-corrected chi connectivity index (χ1v) is 14.0. The van der Waals surface area contributed by atoms with E-state index in [1.807, 2.05) is 95.2 Å². The van der Waals surface area contributed by atoms with Gasteiger partial charge in [-0.1, -0.05) is 95.2 Å². The van der Waals surface area contributed by atoms with Gasteiger partial charge in [0.25, 0.3) is 0 Å². The van der Waals surface area contributed by atoms with Crippen molar-refractivity contribution in [3.63, 3.8) is 0 Å². The predicted octanol–water partition coefficient (Wildman–Crippen LogP) is 6.80. The van der Waals surface area contributed by atoms with Crippen LogP contribution in [0.25, 0.3) is 0 Å². The lowest BCUT2D eigenvalue weighted by molar-refractivity contribution is -0.166. The van der Waals surface area contributed by atoms with Gasteiger partial charge in [-0.2, -0.15) is 0 Å². The van der Waals surface area contributed by atoms with E-state index in [9.17, 15) is 29.4 Å². The summed E-state index contributed by atoms with van der Waals surface area (Å²) in [6.45, 7) is 23.7. The molecule has 42 heavy (non-hydrogen) atoms. The largest absolute Gasteiger partial charge is 0.478 e. The number of carboxylic acid groups (broad SMARTS) is 2. The van der Waals surface area contributed by atoms with Crippen LogP contribution in [0.15, 0.2) is 36.4 Å². The highest BCUT2D eigenvalue weighted by Crippen LogP contribution is 2.32. The van der Waals surface area contributed by atoms with E-state index in [4.69, 9.17) is 9.47 Å². The first kappa shape index (κ1) is 34.5. The van der Waals surface area contributed by atoms with Crippen molar-refractivity contribution in [2.24, 2.45) is 0 Å². The van der Waals surface area contributed by atoms with Crippen molar-refractivity contribution in [3.05, 3.63) is 69.8 Å². The minimum absolute atomic E-state index is 0.0711. The highest BCUT2D eigenvalue weighted by Gasteiger charge is 2.41. The molecule has 0 aromatic heterocycles. The fraction of sp³-hybridized carbons (Fsp3) is 0.529. The first-order valence-electron chi connectivity index (χ1n) is 14.0. The maximum atomic E-state index is 13.3. The minimum atomic E-state index is -2.29. The van der Waals surface area contributed by atoms with Crippen LogP contribution in [-0.4, -0.2) is 46.3 Å². The lowest BCUT2D eigenvalue weighted by Gasteiger charge is -2.27. The molecule has 2 atom stereocenters. The molecule has 0 aliphatic heterocycles. The van der Waals surface area contributed by atoms with Crippen LogP contribution in [-0.2, 0) is 40.7 Å². The van der Waals surface area contributed by atoms with Crippen molar-refractivity contribution in [2.75, 3.05) is 0 Å². The Morgan fingerprint density at radius 1 is 0.476 bits per heavy atom. The number of esters is 2. The summed E-state index contributed by atoms with van der Waals surface area (Å²) in [5.74, 6) is -5.59. The quantitative estimate of drug-likeness (QED) is 0.341. The molecule has 0 saturated carbocycles. The third-order valence-electron chi connectivity index (χ3n) is 7.03. The number of ether oxygens (including phenoxy) is 2. The van der Waals surface area contributed by atoms with Gasteiger partial charge in [-0.25, -0.2) is 19.2 Å². The maximum absolute atomic E-state index is 13.3. The summed E-state index contributed by atoms with van der Waals surface area (Å²) in [4.78, 5) is 51.0. The lowest BCUT2D eigenvalue weighted by atomic mass is 9.79. The predicted molar refractivity (Wildman–Crippen MR) is 161 cm³/mol. The molecule has 0 bridgehead atoms. The number of carboxylic acids is 2. The number of benzene rings is 2. The van der Waals surface area contributed by atoms with Crippen LogP contribution in [0, 0.1) is 0 Å². The number of hydrogen-bond donors (Lipinski definition) is 2. The summed E-state index contributed by atoms with van der Waals surface area (Å²) in [5, 5.41) is 19.8. The second-order valence-corrected chi connectivity index (χ2v) is 14.9. The van der Waals surface area contributed by atoms with Gasteiger partial charge in [0, 0.05) is 0 Å². The van der Waals surface area contributed by atoms with Crippen molar-refractivity contribution >= 4 is 23.9 Å². The van der Waals surface area contributed by atoms with Crippen LogP contribution in [0.1, 0.15) is 126 Å². The van der Waals surface area contributed by atoms with E-state index in [0.29, 0.717) is 0 Å². The second kappa shape index (κ2) is 11.9. The van der Waals surface area contributed by atoms with E-state index < -0.39 is 36.1 Å². The minimum Gasteiger partial charge on any atom is -0.478 e. The Hall–Kier alpha value is -3.68. The van der Waals surface area contributed by atoms with Gasteiger partial charge in [-0.15, -0.1) is 0 Å². The first-order chi connectivity index (χ1) is 18.8. The number of carbonyl (C=O) groups is 4. The van der Waals surface area contributed by atoms with Gasteiger partial charge in [-0.05, 0) is 68.2 Å². The summed E-state index contributed by atoms with van der Waals surface area (Å²) in [6, 6.07) is 10.4. The summed E-state index contributed by atoms with van der Waals surface area (Å²) in [5.41, 5.74) is 2.08. The third kappa shape index (κ3) is 8.66. The summed E-state index contributed by atoms with van der Waals surface area (Å²) in [7, 11) is 0. The zero-order valence-corrected chi connectivity index (χ0v) is 27.0. The van der Waals surface area contributed by atoms with Gasteiger partial charge in [0.15, 0.2) is 0 Å². The van der Waals surface area contributed by atoms with Crippen molar-refractivity contribution in [3.8, 4) is 0 Å². The molecule has 0 heterocycles. The lowest BCUT2D eigenvalue weighted by Crippen LogP contribution is -2.46. The zero-order chi connectivity index (χ0) is 32.6. The monoisotopic (exact) mass is 582 g/mol. The van der Waals surface area contributed by atoms with Gasteiger partial charge in [-0.3, -0.25) is 0 Å². The molecule has 0 aliphatic carbocycles. The smallest absolute Gasteiger partial charge is 0.349 e. The van der Waals surface area contributed by atoms with E-state index in [1.165, 1.54) is 0 Å². The summed E-state index contributed by atoms with van der Waals surface area (Å²) in [6.07, 6.45) is -4.58. The second-order valence-electron chi connectivity index (χ2n) is 14.9. The fourth-order valence-electron chi connectivity index (χ4n) is 4.07. The number of carbonyl (C=O) groups excluding carboxylic acids is 2. The van der Waals surface area contributed by atoms with E-state index in [2.05, 4.69) is 0 Å². The van der Waals surface area contributed by atoms with Crippen LogP contribution in [0.3, 0.4) is 0 Å². The molecular weight excluding hydrogens is 536 g/mol. The number of rotatable bonds is 7. The van der Waals surface area contributed by atoms with Gasteiger partial charge in [0.05, 0.1) is 11.1 Å². The van der Waals surface area contributed by atoms with Gasteiger partial charge < -0.3 is 19.7 Å². The Labute approximate surface area is 249 Å². The Bertz CT molecular complexity index is 1190. The topological polar surface area (TPSA) is 127 Å². The van der Waals surface area contributed by atoms with Crippen LogP contribution in [0.5, 0.6) is 0 Å². The molecule has 0 spiro atoms. The molecule has 0 aliphatic rings. The number of hydrogen-bond acceptors (Lipinski definition) is 6. The van der Waals surface area contributed by atoms with Crippen LogP contribution >= 0.6 is 0 Å². The van der Waals surface area contributed by atoms with Crippen LogP contribution in [0.2, 0.25) is 0 Å². The zero-order valence-electron chi connectivity index (χ0n) is 27.0. The molecular formula is C34H46O8. The highest BCUT2D eigenvalue weighted by molar-refractivity contribution is 5.95. The maximum Gasteiger partial charge on any atom is 0.349 e. The van der Waals surface area contributed by atoms with E-state index >= 15 is 0 Å². The highest BCUT2D eigenvalue weighted by atomic mass is 16.6. The van der Waals surface area contributed by atoms with Gasteiger partial charge in [0.2, 0.25) is 12.2 Å². The molecule has 2 N–H and O–H groups in total. The average molecular weight is 583 g/mol. The van der Waals surface area contributed by atoms with E-state index in [0.717, 1.165) is 22.3 Å². The standard InChI is InChI=1S/C34H46O8/c1-31(2,3)21-13-19(14-22(17-21)32(4,5)6)29(39)41-25(27(35)36)26(28(37)38)42-30(40)20-15-23(33(7,8)9)18-24(16-20)34(10,11)12/h13-18,25-26H,1-12H3,(H,35,36)(H,37,38)/t25-,26-/m0/s1. The normalized spacial score (nSPS) is 14.1. The van der Waals surface area contributed by atoms with E-state index in [-0.39, 0.29) is 32.8 Å². The molecule has 230 valence electrons. The molecule has 2 rings (SSSR count). The van der Waals surface area contributed by atoms with Gasteiger partial charge in [0.1, 0.15) is 0 Å².